The van der Waals surface area contributed by atoms with Gasteiger partial charge in [0.1, 0.15) is 11.6 Å². The van der Waals surface area contributed by atoms with Crippen molar-refractivity contribution >= 4 is 38.7 Å². The number of nitrogens with one attached hydrogen (secondary N) is 3. The molecule has 0 aliphatic heterocycles. The van der Waals surface area contributed by atoms with Crippen molar-refractivity contribution in [1.29, 1.82) is 0 Å². The average molecular weight is 357 g/mol. The van der Waals surface area contributed by atoms with Crippen molar-refractivity contribution in [2.75, 3.05) is 17.7 Å². The Hall–Kier alpha value is -2.10. The SMILES string of the molecule is CNS(=O)(=O)c1ccc(NC(=S)Nc2ccc(F)cc2F)cc1. The van der Waals surface area contributed by atoms with E-state index in [0.717, 1.165) is 12.1 Å². The Bertz CT molecular complexity index is 824. The van der Waals surface area contributed by atoms with Crippen LogP contribution >= 0.6 is 12.2 Å². The van der Waals surface area contributed by atoms with E-state index in [1.807, 2.05) is 0 Å². The Kier molecular flexibility index (Phi) is 5.24. The van der Waals surface area contributed by atoms with E-state index in [9.17, 15) is 17.2 Å². The Balaban J connectivity index is 2.06. The zero-order valence-corrected chi connectivity index (χ0v) is 13.6. The van der Waals surface area contributed by atoms with Gasteiger partial charge in [0.05, 0.1) is 10.6 Å². The van der Waals surface area contributed by atoms with E-state index in [2.05, 4.69) is 15.4 Å². The smallest absolute Gasteiger partial charge is 0.240 e. The maximum Gasteiger partial charge on any atom is 0.240 e. The summed E-state index contributed by atoms with van der Waals surface area (Å²) in [5.74, 6) is -1.46. The molecule has 0 bridgehead atoms. The molecule has 0 aliphatic carbocycles. The van der Waals surface area contributed by atoms with Crippen molar-refractivity contribution in [2.45, 2.75) is 4.90 Å². The maximum absolute atomic E-state index is 13.5. The van der Waals surface area contributed by atoms with Gasteiger partial charge >= 0.3 is 0 Å². The molecule has 2 aromatic carbocycles. The molecule has 3 N–H and O–H groups in total. The molecule has 0 saturated heterocycles. The van der Waals surface area contributed by atoms with Crippen LogP contribution in [0.1, 0.15) is 0 Å². The summed E-state index contributed by atoms with van der Waals surface area (Å²) in [6.45, 7) is 0. The lowest BCUT2D eigenvalue weighted by Crippen LogP contribution is -2.20. The third kappa shape index (κ3) is 4.44. The summed E-state index contributed by atoms with van der Waals surface area (Å²) in [5, 5.41) is 5.45. The minimum atomic E-state index is -3.51. The molecule has 122 valence electrons. The number of hydrogen-bond acceptors (Lipinski definition) is 3. The molecule has 2 rings (SSSR count). The summed E-state index contributed by atoms with van der Waals surface area (Å²) < 4.78 is 51.7. The molecule has 0 saturated carbocycles. The minimum Gasteiger partial charge on any atom is -0.332 e. The van der Waals surface area contributed by atoms with E-state index in [-0.39, 0.29) is 15.7 Å². The summed E-state index contributed by atoms with van der Waals surface area (Å²) in [6, 6.07) is 8.89. The van der Waals surface area contributed by atoms with E-state index in [1.54, 1.807) is 0 Å². The predicted molar refractivity (Wildman–Crippen MR) is 88.9 cm³/mol. The zero-order valence-electron chi connectivity index (χ0n) is 11.9. The van der Waals surface area contributed by atoms with Gasteiger partial charge in [-0.05, 0) is 55.7 Å². The van der Waals surface area contributed by atoms with E-state index in [4.69, 9.17) is 12.2 Å². The minimum absolute atomic E-state index is 0.0262. The number of halogens is 2. The average Bonchev–Trinajstić information content (AvgIpc) is 2.50. The summed E-state index contributed by atoms with van der Waals surface area (Å²) in [6.07, 6.45) is 0. The number of thiocarbonyl (C=S) groups is 1. The lowest BCUT2D eigenvalue weighted by atomic mass is 10.3. The van der Waals surface area contributed by atoms with Gasteiger partial charge in [-0.1, -0.05) is 0 Å². The largest absolute Gasteiger partial charge is 0.332 e. The van der Waals surface area contributed by atoms with Crippen LogP contribution in [0.4, 0.5) is 20.2 Å². The van der Waals surface area contributed by atoms with Crippen molar-refractivity contribution in [3.63, 3.8) is 0 Å². The first-order chi connectivity index (χ1) is 10.8. The molecule has 23 heavy (non-hydrogen) atoms. The fourth-order valence-corrected chi connectivity index (χ4v) is 2.67. The quantitative estimate of drug-likeness (QED) is 0.734. The lowest BCUT2D eigenvalue weighted by molar-refractivity contribution is 0.585. The molecule has 0 spiro atoms. The Morgan fingerprint density at radius 2 is 1.70 bits per heavy atom. The second kappa shape index (κ2) is 6.99. The van der Waals surface area contributed by atoms with Gasteiger partial charge in [0.25, 0.3) is 0 Å². The Morgan fingerprint density at radius 3 is 2.26 bits per heavy atom. The first-order valence-corrected chi connectivity index (χ1v) is 8.27. The molecule has 0 aliphatic rings. The van der Waals surface area contributed by atoms with Crippen LogP contribution in [0.25, 0.3) is 0 Å². The Morgan fingerprint density at radius 1 is 1.04 bits per heavy atom. The zero-order chi connectivity index (χ0) is 17.0. The highest BCUT2D eigenvalue weighted by Gasteiger charge is 2.11. The number of benzene rings is 2. The molecular formula is C14H13F2N3O2S2. The van der Waals surface area contributed by atoms with E-state index >= 15 is 0 Å². The summed E-state index contributed by atoms with van der Waals surface area (Å²) in [7, 11) is -2.20. The first-order valence-electron chi connectivity index (χ1n) is 6.38. The van der Waals surface area contributed by atoms with Crippen LogP contribution in [0.5, 0.6) is 0 Å². The highest BCUT2D eigenvalue weighted by Crippen LogP contribution is 2.17. The normalized spacial score (nSPS) is 11.1. The lowest BCUT2D eigenvalue weighted by Gasteiger charge is -2.11. The van der Waals surface area contributed by atoms with Gasteiger partial charge in [0, 0.05) is 11.8 Å². The van der Waals surface area contributed by atoms with Gasteiger partial charge in [-0.3, -0.25) is 0 Å². The van der Waals surface area contributed by atoms with Crippen molar-refractivity contribution in [3.8, 4) is 0 Å². The van der Waals surface area contributed by atoms with Crippen LogP contribution in [0, 0.1) is 11.6 Å². The standard InChI is InChI=1S/C14H13F2N3O2S2/c1-17-23(20,21)11-5-3-10(4-6-11)18-14(22)19-13-7-2-9(15)8-12(13)16/h2-8,17H,1H3,(H2,18,19,22). The van der Waals surface area contributed by atoms with Crippen LogP contribution in [-0.4, -0.2) is 20.6 Å². The predicted octanol–water partition coefficient (Wildman–Crippen LogP) is 2.68. The van der Waals surface area contributed by atoms with Gasteiger partial charge < -0.3 is 10.6 Å². The molecule has 0 atom stereocenters. The number of rotatable bonds is 4. The topological polar surface area (TPSA) is 70.2 Å². The van der Waals surface area contributed by atoms with Crippen LogP contribution in [0.2, 0.25) is 0 Å². The fourth-order valence-electron chi connectivity index (χ4n) is 1.71. The van der Waals surface area contributed by atoms with Gasteiger partial charge in [-0.15, -0.1) is 0 Å². The van der Waals surface area contributed by atoms with E-state index in [0.29, 0.717) is 5.69 Å². The highest BCUT2D eigenvalue weighted by atomic mass is 32.2. The molecule has 0 heterocycles. The van der Waals surface area contributed by atoms with Gasteiger partial charge in [0.15, 0.2) is 5.11 Å². The third-order valence-electron chi connectivity index (χ3n) is 2.87. The van der Waals surface area contributed by atoms with Crippen molar-refractivity contribution < 1.29 is 17.2 Å². The van der Waals surface area contributed by atoms with E-state index in [1.165, 1.54) is 37.4 Å². The van der Waals surface area contributed by atoms with Crippen molar-refractivity contribution in [3.05, 3.63) is 54.1 Å². The van der Waals surface area contributed by atoms with E-state index < -0.39 is 21.7 Å². The Labute approximate surface area is 137 Å². The number of anilines is 2. The van der Waals surface area contributed by atoms with Crippen LogP contribution in [-0.2, 0) is 10.0 Å². The number of hydrogen-bond donors (Lipinski definition) is 3. The van der Waals surface area contributed by atoms with Gasteiger partial charge in [-0.25, -0.2) is 21.9 Å². The summed E-state index contributed by atoms with van der Waals surface area (Å²) >= 11 is 5.03. The van der Waals surface area contributed by atoms with Crippen LogP contribution < -0.4 is 15.4 Å². The van der Waals surface area contributed by atoms with Crippen molar-refractivity contribution in [1.82, 2.24) is 4.72 Å². The second-order valence-electron chi connectivity index (χ2n) is 4.44. The molecule has 5 nitrogen and oxygen atoms in total. The van der Waals surface area contributed by atoms with Crippen LogP contribution in [0.15, 0.2) is 47.4 Å². The van der Waals surface area contributed by atoms with Crippen LogP contribution in [0.3, 0.4) is 0 Å². The third-order valence-corrected chi connectivity index (χ3v) is 4.50. The molecule has 0 aromatic heterocycles. The summed E-state index contributed by atoms with van der Waals surface area (Å²) in [5.41, 5.74) is 0.540. The first kappa shape index (κ1) is 17.3. The summed E-state index contributed by atoms with van der Waals surface area (Å²) in [4.78, 5) is 0.106. The molecular weight excluding hydrogens is 344 g/mol. The molecule has 9 heteroatoms. The second-order valence-corrected chi connectivity index (χ2v) is 6.73. The molecule has 0 amide bonds. The van der Waals surface area contributed by atoms with Gasteiger partial charge in [-0.2, -0.15) is 0 Å². The molecule has 2 aromatic rings. The monoisotopic (exact) mass is 357 g/mol. The maximum atomic E-state index is 13.5. The molecule has 0 fully saturated rings. The fraction of sp³-hybridized carbons (Fsp3) is 0.0714. The molecule has 0 unspecified atom stereocenters. The molecule has 0 radical (unpaired) electrons. The van der Waals surface area contributed by atoms with Crippen molar-refractivity contribution in [2.24, 2.45) is 0 Å². The van der Waals surface area contributed by atoms with Gasteiger partial charge in [0.2, 0.25) is 10.0 Å². The highest BCUT2D eigenvalue weighted by molar-refractivity contribution is 7.89. The number of sulfonamides is 1.